The molecular formula is C20H31N. The van der Waals surface area contributed by atoms with Gasteiger partial charge in [-0.15, -0.1) is 0 Å². The third-order valence-electron chi connectivity index (χ3n) is 5.76. The summed E-state index contributed by atoms with van der Waals surface area (Å²) >= 11 is 0. The van der Waals surface area contributed by atoms with Crippen molar-refractivity contribution in [1.82, 2.24) is 5.32 Å². The number of hydrogen-bond acceptors (Lipinski definition) is 1. The Morgan fingerprint density at radius 1 is 0.952 bits per heavy atom. The lowest BCUT2D eigenvalue weighted by atomic mass is 9.77. The standard InChI is InChI=1S/C20H31N/c1-14(2)19-9-4-5-10-20(19)21-15(3)17-12-11-16-7-6-8-18(16)13-17/h11-15,19-21H,4-10H2,1-3H3. The molecule has 21 heavy (non-hydrogen) atoms. The quantitative estimate of drug-likeness (QED) is 0.817. The third kappa shape index (κ3) is 3.34. The molecule has 1 fully saturated rings. The normalized spacial score (nSPS) is 26.9. The van der Waals surface area contributed by atoms with Gasteiger partial charge >= 0.3 is 0 Å². The smallest absolute Gasteiger partial charge is 0.0294 e. The molecule has 0 radical (unpaired) electrons. The van der Waals surface area contributed by atoms with E-state index in [0.717, 1.165) is 11.8 Å². The number of benzene rings is 1. The predicted octanol–water partition coefficient (Wildman–Crippen LogP) is 5.04. The van der Waals surface area contributed by atoms with Crippen LogP contribution in [0.3, 0.4) is 0 Å². The molecule has 2 aliphatic carbocycles. The minimum atomic E-state index is 0.486. The fourth-order valence-corrected chi connectivity index (χ4v) is 4.44. The second-order valence-electron chi connectivity index (χ2n) is 7.57. The van der Waals surface area contributed by atoms with E-state index in [1.165, 1.54) is 50.5 Å². The molecule has 2 aliphatic rings. The highest BCUT2D eigenvalue weighted by Gasteiger charge is 2.28. The van der Waals surface area contributed by atoms with Gasteiger partial charge < -0.3 is 5.32 Å². The van der Waals surface area contributed by atoms with Gasteiger partial charge in [0.2, 0.25) is 0 Å². The molecule has 0 bridgehead atoms. The van der Waals surface area contributed by atoms with Gasteiger partial charge in [0.1, 0.15) is 0 Å². The Bertz CT molecular complexity index is 477. The van der Waals surface area contributed by atoms with Crippen molar-refractivity contribution in [1.29, 1.82) is 0 Å². The Morgan fingerprint density at radius 3 is 2.52 bits per heavy atom. The molecule has 3 atom stereocenters. The highest BCUT2D eigenvalue weighted by Crippen LogP contribution is 2.32. The van der Waals surface area contributed by atoms with Gasteiger partial charge in [0.15, 0.2) is 0 Å². The molecule has 0 aromatic heterocycles. The lowest BCUT2D eigenvalue weighted by Gasteiger charge is -2.37. The third-order valence-corrected chi connectivity index (χ3v) is 5.76. The van der Waals surface area contributed by atoms with Crippen LogP contribution >= 0.6 is 0 Å². The highest BCUT2D eigenvalue weighted by molar-refractivity contribution is 5.36. The Kier molecular flexibility index (Phi) is 4.69. The fraction of sp³-hybridized carbons (Fsp3) is 0.700. The van der Waals surface area contributed by atoms with Crippen LogP contribution in [0.2, 0.25) is 0 Å². The number of rotatable bonds is 4. The predicted molar refractivity (Wildman–Crippen MR) is 90.6 cm³/mol. The van der Waals surface area contributed by atoms with E-state index in [1.807, 2.05) is 0 Å². The fourth-order valence-electron chi connectivity index (χ4n) is 4.44. The van der Waals surface area contributed by atoms with E-state index < -0.39 is 0 Å². The number of aryl methyl sites for hydroxylation is 2. The molecule has 1 nitrogen and oxygen atoms in total. The summed E-state index contributed by atoms with van der Waals surface area (Å²) in [4.78, 5) is 0. The molecule has 0 saturated heterocycles. The van der Waals surface area contributed by atoms with Gasteiger partial charge in [0, 0.05) is 12.1 Å². The van der Waals surface area contributed by atoms with Crippen molar-refractivity contribution >= 4 is 0 Å². The van der Waals surface area contributed by atoms with Crippen LogP contribution in [-0.2, 0) is 12.8 Å². The largest absolute Gasteiger partial charge is 0.307 e. The van der Waals surface area contributed by atoms with Gasteiger partial charge in [-0.3, -0.25) is 0 Å². The summed E-state index contributed by atoms with van der Waals surface area (Å²) in [6.45, 7) is 7.14. The van der Waals surface area contributed by atoms with Crippen molar-refractivity contribution in [2.75, 3.05) is 0 Å². The van der Waals surface area contributed by atoms with E-state index in [4.69, 9.17) is 0 Å². The molecule has 1 saturated carbocycles. The number of nitrogens with one attached hydrogen (secondary N) is 1. The number of hydrogen-bond donors (Lipinski definition) is 1. The Balaban J connectivity index is 1.68. The second kappa shape index (κ2) is 6.52. The first-order valence-corrected chi connectivity index (χ1v) is 9.03. The van der Waals surface area contributed by atoms with E-state index in [-0.39, 0.29) is 0 Å². The maximum atomic E-state index is 3.96. The molecule has 0 aliphatic heterocycles. The molecular weight excluding hydrogens is 254 g/mol. The molecule has 3 unspecified atom stereocenters. The average Bonchev–Trinajstić information content (AvgIpc) is 2.94. The lowest BCUT2D eigenvalue weighted by molar-refractivity contribution is 0.195. The van der Waals surface area contributed by atoms with Crippen LogP contribution in [0.15, 0.2) is 18.2 Å². The van der Waals surface area contributed by atoms with Crippen LogP contribution in [0.5, 0.6) is 0 Å². The number of fused-ring (bicyclic) bond motifs is 1. The molecule has 0 heterocycles. The first kappa shape index (κ1) is 15.1. The summed E-state index contributed by atoms with van der Waals surface area (Å²) in [5.74, 6) is 1.66. The summed E-state index contributed by atoms with van der Waals surface area (Å²) in [6.07, 6.45) is 9.51. The molecule has 0 amide bonds. The van der Waals surface area contributed by atoms with Crippen LogP contribution in [0.25, 0.3) is 0 Å². The molecule has 1 heteroatoms. The Morgan fingerprint density at radius 2 is 1.71 bits per heavy atom. The Hall–Kier alpha value is -0.820. The van der Waals surface area contributed by atoms with Gasteiger partial charge in [0.05, 0.1) is 0 Å². The van der Waals surface area contributed by atoms with Gasteiger partial charge in [0.25, 0.3) is 0 Å². The topological polar surface area (TPSA) is 12.0 Å². The average molecular weight is 285 g/mol. The van der Waals surface area contributed by atoms with E-state index in [9.17, 15) is 0 Å². The summed E-state index contributed by atoms with van der Waals surface area (Å²) in [5, 5.41) is 3.96. The SMILES string of the molecule is CC(NC1CCCCC1C(C)C)c1ccc2c(c1)CCC2. The minimum absolute atomic E-state index is 0.486. The van der Waals surface area contributed by atoms with E-state index in [0.29, 0.717) is 12.1 Å². The van der Waals surface area contributed by atoms with Crippen molar-refractivity contribution in [3.05, 3.63) is 34.9 Å². The summed E-state index contributed by atoms with van der Waals surface area (Å²) in [6, 6.07) is 8.39. The van der Waals surface area contributed by atoms with Crippen molar-refractivity contribution in [3.63, 3.8) is 0 Å². The first-order chi connectivity index (χ1) is 10.1. The minimum Gasteiger partial charge on any atom is -0.307 e. The van der Waals surface area contributed by atoms with Crippen molar-refractivity contribution in [3.8, 4) is 0 Å². The van der Waals surface area contributed by atoms with Crippen LogP contribution in [0.4, 0.5) is 0 Å². The maximum absolute atomic E-state index is 3.96. The van der Waals surface area contributed by atoms with E-state index in [1.54, 1.807) is 11.1 Å². The second-order valence-corrected chi connectivity index (χ2v) is 7.57. The van der Waals surface area contributed by atoms with Gasteiger partial charge in [-0.05, 0) is 67.6 Å². The summed E-state index contributed by atoms with van der Waals surface area (Å²) in [5.41, 5.74) is 4.68. The molecule has 3 rings (SSSR count). The Labute approximate surface area is 130 Å². The van der Waals surface area contributed by atoms with E-state index >= 15 is 0 Å². The van der Waals surface area contributed by atoms with Crippen LogP contribution in [-0.4, -0.2) is 6.04 Å². The van der Waals surface area contributed by atoms with Crippen LogP contribution in [0, 0.1) is 11.8 Å². The zero-order valence-corrected chi connectivity index (χ0v) is 14.0. The van der Waals surface area contributed by atoms with Crippen molar-refractivity contribution in [2.24, 2.45) is 11.8 Å². The first-order valence-electron chi connectivity index (χ1n) is 9.03. The molecule has 0 spiro atoms. The van der Waals surface area contributed by atoms with E-state index in [2.05, 4.69) is 44.3 Å². The summed E-state index contributed by atoms with van der Waals surface area (Å²) in [7, 11) is 0. The molecule has 116 valence electrons. The van der Waals surface area contributed by atoms with Gasteiger partial charge in [-0.2, -0.15) is 0 Å². The lowest BCUT2D eigenvalue weighted by Crippen LogP contribution is -2.42. The zero-order valence-electron chi connectivity index (χ0n) is 14.0. The van der Waals surface area contributed by atoms with Crippen molar-refractivity contribution in [2.45, 2.75) is 77.8 Å². The van der Waals surface area contributed by atoms with Crippen molar-refractivity contribution < 1.29 is 0 Å². The van der Waals surface area contributed by atoms with Crippen LogP contribution < -0.4 is 5.32 Å². The molecule has 1 aromatic carbocycles. The van der Waals surface area contributed by atoms with Gasteiger partial charge in [-0.1, -0.05) is 44.9 Å². The maximum Gasteiger partial charge on any atom is 0.0294 e. The molecule has 1 N–H and O–H groups in total. The van der Waals surface area contributed by atoms with Crippen LogP contribution in [0.1, 0.15) is 75.6 Å². The summed E-state index contributed by atoms with van der Waals surface area (Å²) < 4.78 is 0. The van der Waals surface area contributed by atoms with Gasteiger partial charge in [-0.25, -0.2) is 0 Å². The zero-order chi connectivity index (χ0) is 14.8. The highest BCUT2D eigenvalue weighted by atomic mass is 15.0. The molecule has 1 aromatic rings. The monoisotopic (exact) mass is 285 g/mol.